The average molecular weight is 236 g/mol. The lowest BCUT2D eigenvalue weighted by atomic mass is 9.99. The molecule has 0 saturated heterocycles. The summed E-state index contributed by atoms with van der Waals surface area (Å²) in [5.41, 5.74) is 0. The van der Waals surface area contributed by atoms with Crippen molar-refractivity contribution >= 4 is 17.5 Å². The second kappa shape index (κ2) is 5.66. The summed E-state index contributed by atoms with van der Waals surface area (Å²) in [5, 5.41) is 44.3. The molecule has 0 heterocycles. The number of carboxylic acid groups (broad SMARTS) is 1. The summed E-state index contributed by atoms with van der Waals surface area (Å²) in [6.45, 7) is 1.07. The van der Waals surface area contributed by atoms with Gasteiger partial charge in [-0.1, -0.05) is 0 Å². The van der Waals surface area contributed by atoms with Crippen LogP contribution in [0.5, 0.6) is 0 Å². The van der Waals surface area contributed by atoms with Gasteiger partial charge >= 0.3 is 11.8 Å². The number of ketones is 2. The Kier molecular flexibility index (Phi) is 5.18. The van der Waals surface area contributed by atoms with Gasteiger partial charge in [0.15, 0.2) is 0 Å². The summed E-state index contributed by atoms with van der Waals surface area (Å²) in [6.07, 6.45) is -7.87. The number of hydrogen-bond acceptors (Lipinski definition) is 7. The van der Waals surface area contributed by atoms with Gasteiger partial charge in [-0.3, -0.25) is 9.59 Å². The van der Waals surface area contributed by atoms with Crippen LogP contribution in [0.2, 0.25) is 0 Å². The molecule has 0 spiro atoms. The number of Topliss-reactive ketones (excluding diaryl/α,β-unsaturated/α-hetero) is 2. The molecule has 0 aliphatic rings. The molecule has 0 amide bonds. The van der Waals surface area contributed by atoms with Crippen molar-refractivity contribution in [3.8, 4) is 0 Å². The lowest BCUT2D eigenvalue weighted by Crippen LogP contribution is -2.49. The Hall–Kier alpha value is -1.35. The van der Waals surface area contributed by atoms with Gasteiger partial charge in [-0.05, 0) is 6.92 Å². The van der Waals surface area contributed by atoms with Crippen LogP contribution in [0.15, 0.2) is 0 Å². The molecule has 0 bridgehead atoms. The Morgan fingerprint density at radius 3 is 1.69 bits per heavy atom. The molecule has 0 aromatic heterocycles. The molecule has 0 rings (SSSR count). The van der Waals surface area contributed by atoms with E-state index in [2.05, 4.69) is 0 Å². The highest BCUT2D eigenvalue weighted by atomic mass is 16.4. The monoisotopic (exact) mass is 236 g/mol. The summed E-state index contributed by atoms with van der Waals surface area (Å²) in [6, 6.07) is 0. The number of hydrogen-bond donors (Lipinski definition) is 5. The van der Waals surface area contributed by atoms with E-state index in [0.717, 1.165) is 6.92 Å². The first-order valence-corrected chi connectivity index (χ1v) is 4.23. The number of aliphatic carboxylic acids is 1. The minimum atomic E-state index is -2.40. The maximum absolute atomic E-state index is 10.9. The number of aliphatic hydroxyl groups excluding tert-OH is 4. The van der Waals surface area contributed by atoms with Crippen LogP contribution >= 0.6 is 0 Å². The molecule has 0 aromatic rings. The Morgan fingerprint density at radius 2 is 1.38 bits per heavy atom. The van der Waals surface area contributed by atoms with E-state index in [9.17, 15) is 14.4 Å². The summed E-state index contributed by atoms with van der Waals surface area (Å²) in [4.78, 5) is 31.6. The fourth-order valence-electron chi connectivity index (χ4n) is 0.867. The van der Waals surface area contributed by atoms with Gasteiger partial charge in [0.05, 0.1) is 6.10 Å². The number of carbonyl (C=O) groups excluding carboxylic acids is 2. The zero-order valence-corrected chi connectivity index (χ0v) is 8.27. The van der Waals surface area contributed by atoms with E-state index in [-0.39, 0.29) is 0 Å². The van der Waals surface area contributed by atoms with E-state index >= 15 is 0 Å². The molecule has 0 aliphatic carbocycles. The van der Waals surface area contributed by atoms with Gasteiger partial charge in [0, 0.05) is 0 Å². The van der Waals surface area contributed by atoms with Gasteiger partial charge in [0.1, 0.15) is 18.3 Å². The van der Waals surface area contributed by atoms with Crippen molar-refractivity contribution in [1.82, 2.24) is 0 Å². The molecule has 2 unspecified atom stereocenters. The van der Waals surface area contributed by atoms with Gasteiger partial charge < -0.3 is 25.5 Å². The van der Waals surface area contributed by atoms with Crippen LogP contribution in [-0.2, 0) is 14.4 Å². The van der Waals surface area contributed by atoms with Crippen LogP contribution in [0.1, 0.15) is 6.92 Å². The maximum Gasteiger partial charge on any atom is 0.380 e. The highest BCUT2D eigenvalue weighted by molar-refractivity contribution is 6.62. The molecule has 16 heavy (non-hydrogen) atoms. The molecule has 0 aliphatic heterocycles. The highest BCUT2D eigenvalue weighted by Gasteiger charge is 2.37. The van der Waals surface area contributed by atoms with Crippen molar-refractivity contribution in [1.29, 1.82) is 0 Å². The van der Waals surface area contributed by atoms with Crippen LogP contribution in [0.4, 0.5) is 0 Å². The van der Waals surface area contributed by atoms with Crippen molar-refractivity contribution in [2.45, 2.75) is 31.3 Å². The lowest BCUT2D eigenvalue weighted by Gasteiger charge is -2.22. The molecule has 5 N–H and O–H groups in total. The molecule has 0 radical (unpaired) electrons. The molecule has 0 fully saturated rings. The molecule has 0 aromatic carbocycles. The SMILES string of the molecule is CC(O)C(O)[C@H](O)[C@@H](O)C(=O)C(=O)C(=O)O. The minimum Gasteiger partial charge on any atom is -0.475 e. The van der Waals surface area contributed by atoms with Crippen molar-refractivity contribution in [2.24, 2.45) is 0 Å². The Balaban J connectivity index is 4.68. The zero-order chi connectivity index (χ0) is 13.0. The van der Waals surface area contributed by atoms with Crippen molar-refractivity contribution in [3.63, 3.8) is 0 Å². The van der Waals surface area contributed by atoms with Crippen molar-refractivity contribution in [2.75, 3.05) is 0 Å². The van der Waals surface area contributed by atoms with E-state index in [1.165, 1.54) is 0 Å². The quantitative estimate of drug-likeness (QED) is 0.237. The summed E-state index contributed by atoms with van der Waals surface area (Å²) < 4.78 is 0. The lowest BCUT2D eigenvalue weighted by molar-refractivity contribution is -0.160. The first-order valence-electron chi connectivity index (χ1n) is 4.23. The van der Waals surface area contributed by atoms with E-state index < -0.39 is 42.0 Å². The van der Waals surface area contributed by atoms with Gasteiger partial charge in [-0.2, -0.15) is 0 Å². The fraction of sp³-hybridized carbons (Fsp3) is 0.625. The molecular weight excluding hydrogens is 224 g/mol. The Morgan fingerprint density at radius 1 is 0.938 bits per heavy atom. The average Bonchev–Trinajstić information content (AvgIpc) is 2.23. The van der Waals surface area contributed by atoms with Crippen LogP contribution in [-0.4, -0.2) is 67.5 Å². The van der Waals surface area contributed by atoms with Gasteiger partial charge in [0.25, 0.3) is 0 Å². The van der Waals surface area contributed by atoms with Crippen LogP contribution in [0.3, 0.4) is 0 Å². The molecule has 8 heteroatoms. The zero-order valence-electron chi connectivity index (χ0n) is 8.27. The predicted molar refractivity (Wildman–Crippen MR) is 47.4 cm³/mol. The van der Waals surface area contributed by atoms with E-state index in [4.69, 9.17) is 25.5 Å². The maximum atomic E-state index is 10.9. The van der Waals surface area contributed by atoms with Crippen LogP contribution in [0.25, 0.3) is 0 Å². The molecule has 0 saturated carbocycles. The number of carboxylic acids is 1. The molecular formula is C8H12O8. The minimum absolute atomic E-state index is 1.07. The standard InChI is InChI=1S/C8H12O8/c1-2(9)3(10)4(11)5(12)6(13)7(14)8(15)16/h2-5,9-12H,1H3,(H,15,16)/t2?,3?,4-,5+/m0/s1. The normalized spacial score (nSPS) is 18.3. The Bertz CT molecular complexity index is 296. The molecule has 8 nitrogen and oxygen atoms in total. The fourth-order valence-corrected chi connectivity index (χ4v) is 0.867. The summed E-state index contributed by atoms with van der Waals surface area (Å²) in [7, 11) is 0. The van der Waals surface area contributed by atoms with Crippen LogP contribution in [0, 0.1) is 0 Å². The van der Waals surface area contributed by atoms with Gasteiger partial charge in [-0.25, -0.2) is 4.79 Å². The summed E-state index contributed by atoms with van der Waals surface area (Å²) >= 11 is 0. The number of aliphatic hydroxyl groups is 4. The van der Waals surface area contributed by atoms with E-state index in [0.29, 0.717) is 0 Å². The van der Waals surface area contributed by atoms with Gasteiger partial charge in [0.2, 0.25) is 5.78 Å². The van der Waals surface area contributed by atoms with Crippen molar-refractivity contribution in [3.05, 3.63) is 0 Å². The highest BCUT2D eigenvalue weighted by Crippen LogP contribution is 2.06. The number of carbonyl (C=O) groups is 3. The van der Waals surface area contributed by atoms with E-state index in [1.54, 1.807) is 0 Å². The van der Waals surface area contributed by atoms with Crippen molar-refractivity contribution < 1.29 is 39.9 Å². The van der Waals surface area contributed by atoms with Gasteiger partial charge in [-0.15, -0.1) is 0 Å². The third kappa shape index (κ3) is 3.35. The topological polar surface area (TPSA) is 152 Å². The third-order valence-electron chi connectivity index (χ3n) is 1.85. The number of rotatable bonds is 6. The summed E-state index contributed by atoms with van der Waals surface area (Å²) in [5.74, 6) is -5.76. The second-order valence-electron chi connectivity index (χ2n) is 3.17. The first-order chi connectivity index (χ1) is 7.20. The Labute approximate surface area is 89.7 Å². The van der Waals surface area contributed by atoms with Crippen LogP contribution < -0.4 is 0 Å². The first kappa shape index (κ1) is 14.6. The second-order valence-corrected chi connectivity index (χ2v) is 3.17. The molecule has 4 atom stereocenters. The molecule has 92 valence electrons. The third-order valence-corrected chi connectivity index (χ3v) is 1.85. The largest absolute Gasteiger partial charge is 0.475 e. The predicted octanol–water partition coefficient (Wildman–Crippen LogP) is -3.33. The smallest absolute Gasteiger partial charge is 0.380 e. The van der Waals surface area contributed by atoms with E-state index in [1.807, 2.05) is 0 Å².